The van der Waals surface area contributed by atoms with Crippen molar-refractivity contribution in [2.24, 2.45) is 5.92 Å². The lowest BCUT2D eigenvalue weighted by atomic mass is 10.0. The molecule has 0 fully saturated rings. The SMILES string of the molecule is CC(C)C[C@@H](NC(=O)C(C)Oc1ccc(Cl)cc1)C(=O)O. The van der Waals surface area contributed by atoms with E-state index in [2.05, 4.69) is 5.32 Å². The number of hydrogen-bond donors (Lipinski definition) is 2. The van der Waals surface area contributed by atoms with Gasteiger partial charge in [-0.15, -0.1) is 0 Å². The fraction of sp³-hybridized carbons (Fsp3) is 0.467. The van der Waals surface area contributed by atoms with Gasteiger partial charge in [-0.2, -0.15) is 0 Å². The highest BCUT2D eigenvalue weighted by molar-refractivity contribution is 6.30. The van der Waals surface area contributed by atoms with Crippen molar-refractivity contribution in [2.75, 3.05) is 0 Å². The monoisotopic (exact) mass is 313 g/mol. The van der Waals surface area contributed by atoms with Crippen LogP contribution in [-0.4, -0.2) is 29.1 Å². The van der Waals surface area contributed by atoms with E-state index in [0.29, 0.717) is 17.2 Å². The summed E-state index contributed by atoms with van der Waals surface area (Å²) >= 11 is 5.76. The number of hydrogen-bond acceptors (Lipinski definition) is 3. The van der Waals surface area contributed by atoms with Gasteiger partial charge in [0.25, 0.3) is 5.91 Å². The summed E-state index contributed by atoms with van der Waals surface area (Å²) in [5, 5.41) is 12.2. The highest BCUT2D eigenvalue weighted by Crippen LogP contribution is 2.17. The molecule has 1 aromatic carbocycles. The van der Waals surface area contributed by atoms with Crippen LogP contribution >= 0.6 is 11.6 Å². The minimum Gasteiger partial charge on any atom is -0.481 e. The van der Waals surface area contributed by atoms with Crippen molar-refractivity contribution >= 4 is 23.5 Å². The second-order valence-electron chi connectivity index (χ2n) is 5.24. The maximum atomic E-state index is 12.0. The largest absolute Gasteiger partial charge is 0.481 e. The maximum Gasteiger partial charge on any atom is 0.326 e. The average Bonchev–Trinajstić information content (AvgIpc) is 2.39. The molecule has 116 valence electrons. The number of carboxylic acids is 1. The van der Waals surface area contributed by atoms with Crippen molar-refractivity contribution in [1.29, 1.82) is 0 Å². The molecule has 1 rings (SSSR count). The third-order valence-electron chi connectivity index (χ3n) is 2.82. The van der Waals surface area contributed by atoms with Crippen LogP contribution in [0.3, 0.4) is 0 Å². The fourth-order valence-corrected chi connectivity index (χ4v) is 1.88. The Bertz CT molecular complexity index is 487. The van der Waals surface area contributed by atoms with Crippen LogP contribution in [0.1, 0.15) is 27.2 Å². The number of aliphatic carboxylic acids is 1. The molecule has 5 nitrogen and oxygen atoms in total. The molecular formula is C15H20ClNO4. The number of halogens is 1. The first kappa shape index (κ1) is 17.3. The molecule has 6 heteroatoms. The molecule has 0 saturated carbocycles. The van der Waals surface area contributed by atoms with Crippen molar-refractivity contribution in [1.82, 2.24) is 5.32 Å². The first-order valence-corrected chi connectivity index (χ1v) is 7.12. The zero-order valence-electron chi connectivity index (χ0n) is 12.3. The Hall–Kier alpha value is -1.75. The van der Waals surface area contributed by atoms with Gasteiger partial charge in [0.1, 0.15) is 11.8 Å². The quantitative estimate of drug-likeness (QED) is 0.811. The van der Waals surface area contributed by atoms with Crippen LogP contribution in [0.4, 0.5) is 0 Å². The van der Waals surface area contributed by atoms with Crippen LogP contribution < -0.4 is 10.1 Å². The molecule has 0 saturated heterocycles. The summed E-state index contributed by atoms with van der Waals surface area (Å²) in [6.07, 6.45) is -0.422. The number of nitrogens with one attached hydrogen (secondary N) is 1. The maximum absolute atomic E-state index is 12.0. The molecule has 0 heterocycles. The van der Waals surface area contributed by atoms with E-state index in [1.165, 1.54) is 0 Å². The third-order valence-corrected chi connectivity index (χ3v) is 3.07. The number of carbonyl (C=O) groups excluding carboxylic acids is 1. The van der Waals surface area contributed by atoms with Crippen molar-refractivity contribution in [3.63, 3.8) is 0 Å². The molecule has 0 spiro atoms. The van der Waals surface area contributed by atoms with Gasteiger partial charge in [0.15, 0.2) is 6.10 Å². The van der Waals surface area contributed by atoms with E-state index in [0.717, 1.165) is 0 Å². The number of benzene rings is 1. The zero-order chi connectivity index (χ0) is 16.0. The number of rotatable bonds is 7. The number of amides is 1. The van der Waals surface area contributed by atoms with E-state index >= 15 is 0 Å². The summed E-state index contributed by atoms with van der Waals surface area (Å²) in [6, 6.07) is 5.69. The van der Waals surface area contributed by atoms with Gasteiger partial charge in [0.05, 0.1) is 0 Å². The van der Waals surface area contributed by atoms with Gasteiger partial charge in [0, 0.05) is 5.02 Å². The molecule has 1 aromatic rings. The summed E-state index contributed by atoms with van der Waals surface area (Å²) in [7, 11) is 0. The first-order valence-electron chi connectivity index (χ1n) is 6.75. The van der Waals surface area contributed by atoms with E-state index in [1.807, 2.05) is 13.8 Å². The molecule has 0 bridgehead atoms. The van der Waals surface area contributed by atoms with Crippen LogP contribution in [0.15, 0.2) is 24.3 Å². The molecular weight excluding hydrogens is 294 g/mol. The minimum atomic E-state index is -1.05. The van der Waals surface area contributed by atoms with E-state index in [9.17, 15) is 9.59 Å². The predicted molar refractivity (Wildman–Crippen MR) is 80.6 cm³/mol. The molecule has 1 amide bonds. The average molecular weight is 314 g/mol. The molecule has 0 aromatic heterocycles. The number of ether oxygens (including phenoxy) is 1. The molecule has 21 heavy (non-hydrogen) atoms. The van der Waals surface area contributed by atoms with Crippen LogP contribution in [0.2, 0.25) is 5.02 Å². The van der Waals surface area contributed by atoms with Gasteiger partial charge in [0.2, 0.25) is 0 Å². The van der Waals surface area contributed by atoms with Crippen LogP contribution in [0, 0.1) is 5.92 Å². The second-order valence-corrected chi connectivity index (χ2v) is 5.68. The summed E-state index contributed by atoms with van der Waals surface area (Å²) in [6.45, 7) is 5.36. The summed E-state index contributed by atoms with van der Waals surface area (Å²) in [5.74, 6) is -0.842. The number of carboxylic acid groups (broad SMARTS) is 1. The van der Waals surface area contributed by atoms with E-state index in [1.54, 1.807) is 31.2 Å². The zero-order valence-corrected chi connectivity index (χ0v) is 13.1. The Morgan fingerprint density at radius 2 is 1.81 bits per heavy atom. The van der Waals surface area contributed by atoms with Crippen LogP contribution in [0.5, 0.6) is 5.75 Å². The fourth-order valence-electron chi connectivity index (χ4n) is 1.75. The first-order chi connectivity index (χ1) is 9.79. The molecule has 0 aliphatic rings. The van der Waals surface area contributed by atoms with Crippen molar-refractivity contribution < 1.29 is 19.4 Å². The summed E-state index contributed by atoms with van der Waals surface area (Å²) in [5.41, 5.74) is 0. The molecule has 1 unspecified atom stereocenters. The van der Waals surface area contributed by atoms with E-state index < -0.39 is 24.0 Å². The lowest BCUT2D eigenvalue weighted by Crippen LogP contribution is -2.46. The molecule has 2 N–H and O–H groups in total. The topological polar surface area (TPSA) is 75.6 Å². The Morgan fingerprint density at radius 3 is 2.29 bits per heavy atom. The molecule has 0 aliphatic heterocycles. The Kier molecular flexibility index (Phi) is 6.49. The van der Waals surface area contributed by atoms with E-state index in [4.69, 9.17) is 21.4 Å². The van der Waals surface area contributed by atoms with Gasteiger partial charge >= 0.3 is 5.97 Å². The lowest BCUT2D eigenvalue weighted by Gasteiger charge is -2.20. The predicted octanol–water partition coefficient (Wildman–Crippen LogP) is 2.72. The van der Waals surface area contributed by atoms with Gasteiger partial charge < -0.3 is 15.2 Å². The third kappa shape index (κ3) is 6.04. The summed E-state index contributed by atoms with van der Waals surface area (Å²) in [4.78, 5) is 23.1. The van der Waals surface area contributed by atoms with E-state index in [-0.39, 0.29) is 5.92 Å². The van der Waals surface area contributed by atoms with Crippen molar-refractivity contribution in [3.05, 3.63) is 29.3 Å². The standard InChI is InChI=1S/C15H20ClNO4/c1-9(2)8-13(15(19)20)17-14(18)10(3)21-12-6-4-11(16)5-7-12/h4-7,9-10,13H,8H2,1-3H3,(H,17,18)(H,19,20)/t10?,13-/m1/s1. The molecule has 0 aliphatic carbocycles. The van der Waals surface area contributed by atoms with Crippen LogP contribution in [-0.2, 0) is 9.59 Å². The highest BCUT2D eigenvalue weighted by Gasteiger charge is 2.24. The smallest absolute Gasteiger partial charge is 0.326 e. The van der Waals surface area contributed by atoms with Gasteiger partial charge in [-0.05, 0) is 43.5 Å². The number of carbonyl (C=O) groups is 2. The second kappa shape index (κ2) is 7.88. The van der Waals surface area contributed by atoms with Gasteiger partial charge in [-0.3, -0.25) is 4.79 Å². The Morgan fingerprint density at radius 1 is 1.24 bits per heavy atom. The normalized spacial score (nSPS) is 13.6. The van der Waals surface area contributed by atoms with Crippen molar-refractivity contribution in [3.8, 4) is 5.75 Å². The minimum absolute atomic E-state index is 0.166. The van der Waals surface area contributed by atoms with Gasteiger partial charge in [-0.1, -0.05) is 25.4 Å². The van der Waals surface area contributed by atoms with Crippen LogP contribution in [0.25, 0.3) is 0 Å². The lowest BCUT2D eigenvalue weighted by molar-refractivity contribution is -0.143. The summed E-state index contributed by atoms with van der Waals surface area (Å²) < 4.78 is 5.45. The van der Waals surface area contributed by atoms with Gasteiger partial charge in [-0.25, -0.2) is 4.79 Å². The Balaban J connectivity index is 2.60. The molecule has 2 atom stereocenters. The molecule has 0 radical (unpaired) electrons. The van der Waals surface area contributed by atoms with Crippen molar-refractivity contribution in [2.45, 2.75) is 39.3 Å². The Labute approximate surface area is 129 Å². The highest BCUT2D eigenvalue weighted by atomic mass is 35.5.